The van der Waals surface area contributed by atoms with Crippen molar-refractivity contribution in [1.29, 1.82) is 0 Å². The Morgan fingerprint density at radius 3 is 2.67 bits per heavy atom. The molecule has 0 atom stereocenters. The van der Waals surface area contributed by atoms with Gasteiger partial charge in [0.25, 0.3) is 5.91 Å². The average Bonchev–Trinajstić information content (AvgIpc) is 2.81. The number of anilines is 1. The summed E-state index contributed by atoms with van der Waals surface area (Å²) < 4.78 is 27.5. The number of thiophene rings is 1. The fourth-order valence-corrected chi connectivity index (χ4v) is 3.34. The van der Waals surface area contributed by atoms with E-state index in [9.17, 15) is 13.6 Å². The lowest BCUT2D eigenvalue weighted by Crippen LogP contribution is -2.12. The van der Waals surface area contributed by atoms with Crippen LogP contribution >= 0.6 is 22.9 Å². The lowest BCUT2D eigenvalue weighted by Gasteiger charge is -2.05. The monoisotopic (exact) mass is 323 g/mol. The number of hydrogen-bond donors (Lipinski definition) is 1. The second-order valence-corrected chi connectivity index (χ2v) is 5.75. The van der Waals surface area contributed by atoms with Crippen LogP contribution in [-0.4, -0.2) is 5.91 Å². The van der Waals surface area contributed by atoms with Gasteiger partial charge in [0.15, 0.2) is 0 Å². The molecule has 0 saturated heterocycles. The molecule has 1 heterocycles. The van der Waals surface area contributed by atoms with E-state index >= 15 is 0 Å². The van der Waals surface area contributed by atoms with Gasteiger partial charge in [0.1, 0.15) is 16.5 Å². The van der Waals surface area contributed by atoms with E-state index in [2.05, 4.69) is 5.32 Å². The Morgan fingerprint density at radius 2 is 1.90 bits per heavy atom. The van der Waals surface area contributed by atoms with Gasteiger partial charge in [0.05, 0.1) is 10.7 Å². The van der Waals surface area contributed by atoms with Crippen molar-refractivity contribution in [2.24, 2.45) is 0 Å². The summed E-state index contributed by atoms with van der Waals surface area (Å²) in [5.41, 5.74) is -0.214. The first kappa shape index (κ1) is 14.0. The topological polar surface area (TPSA) is 29.1 Å². The minimum absolute atomic E-state index is 0.214. The predicted octanol–water partition coefficient (Wildman–Crippen LogP) is 5.09. The Kier molecular flexibility index (Phi) is 3.61. The standard InChI is InChI=1S/C15H8ClF2NOS/c16-13-9-3-1-2-4-12(9)21-14(13)15(20)19-11-7-8(17)5-6-10(11)18/h1-7H,(H,19,20). The molecule has 6 heteroatoms. The Morgan fingerprint density at radius 1 is 1.14 bits per heavy atom. The molecule has 1 N–H and O–H groups in total. The van der Waals surface area contributed by atoms with E-state index in [1.165, 1.54) is 11.3 Å². The Hall–Kier alpha value is -1.98. The van der Waals surface area contributed by atoms with Gasteiger partial charge in [0, 0.05) is 16.2 Å². The number of benzene rings is 2. The third kappa shape index (κ3) is 2.62. The lowest BCUT2D eigenvalue weighted by atomic mass is 10.2. The second kappa shape index (κ2) is 5.42. The molecule has 21 heavy (non-hydrogen) atoms. The third-order valence-electron chi connectivity index (χ3n) is 2.92. The number of hydrogen-bond acceptors (Lipinski definition) is 2. The quantitative estimate of drug-likeness (QED) is 0.699. The van der Waals surface area contributed by atoms with Crippen LogP contribution in [0.1, 0.15) is 9.67 Å². The maximum Gasteiger partial charge on any atom is 0.267 e. The van der Waals surface area contributed by atoms with Gasteiger partial charge in [-0.1, -0.05) is 29.8 Å². The smallest absolute Gasteiger partial charge is 0.267 e. The molecule has 3 rings (SSSR count). The number of rotatable bonds is 2. The number of amides is 1. The zero-order valence-electron chi connectivity index (χ0n) is 10.5. The first-order valence-corrected chi connectivity index (χ1v) is 7.19. The summed E-state index contributed by atoms with van der Waals surface area (Å²) in [6.07, 6.45) is 0. The van der Waals surface area contributed by atoms with Gasteiger partial charge in [-0.2, -0.15) is 0 Å². The van der Waals surface area contributed by atoms with Crippen molar-refractivity contribution in [2.75, 3.05) is 5.32 Å². The molecule has 1 aromatic heterocycles. The number of carbonyl (C=O) groups excluding carboxylic acids is 1. The zero-order valence-corrected chi connectivity index (χ0v) is 12.1. The molecule has 0 radical (unpaired) electrons. The molecule has 1 amide bonds. The van der Waals surface area contributed by atoms with E-state index in [0.717, 1.165) is 28.3 Å². The van der Waals surface area contributed by atoms with Crippen LogP contribution in [0.2, 0.25) is 5.02 Å². The summed E-state index contributed by atoms with van der Waals surface area (Å²) in [5.74, 6) is -1.90. The largest absolute Gasteiger partial charge is 0.319 e. The van der Waals surface area contributed by atoms with Crippen LogP contribution in [0.15, 0.2) is 42.5 Å². The maximum atomic E-state index is 13.5. The molecular formula is C15H8ClF2NOS. The molecule has 0 saturated carbocycles. The van der Waals surface area contributed by atoms with Crippen LogP contribution in [0, 0.1) is 11.6 Å². The summed E-state index contributed by atoms with van der Waals surface area (Å²) in [6.45, 7) is 0. The van der Waals surface area contributed by atoms with Gasteiger partial charge in [-0.05, 0) is 18.2 Å². The van der Waals surface area contributed by atoms with Crippen LogP contribution in [0.4, 0.5) is 14.5 Å². The fraction of sp³-hybridized carbons (Fsp3) is 0. The summed E-state index contributed by atoms with van der Waals surface area (Å²) >= 11 is 7.37. The van der Waals surface area contributed by atoms with E-state index < -0.39 is 17.5 Å². The highest BCUT2D eigenvalue weighted by Gasteiger charge is 2.18. The zero-order chi connectivity index (χ0) is 15.0. The van der Waals surface area contributed by atoms with Crippen molar-refractivity contribution in [3.8, 4) is 0 Å². The minimum Gasteiger partial charge on any atom is -0.319 e. The van der Waals surface area contributed by atoms with E-state index in [4.69, 9.17) is 11.6 Å². The number of carbonyl (C=O) groups is 1. The molecule has 0 aliphatic rings. The van der Waals surface area contributed by atoms with Gasteiger partial charge >= 0.3 is 0 Å². The fourth-order valence-electron chi connectivity index (χ4n) is 1.93. The maximum absolute atomic E-state index is 13.5. The summed E-state index contributed by atoms with van der Waals surface area (Å²) in [7, 11) is 0. The molecule has 0 aliphatic carbocycles. The lowest BCUT2D eigenvalue weighted by molar-refractivity contribution is 0.103. The molecule has 106 valence electrons. The molecule has 0 aliphatic heterocycles. The van der Waals surface area contributed by atoms with Gasteiger partial charge in [0.2, 0.25) is 0 Å². The number of halogens is 3. The van der Waals surface area contributed by atoms with Crippen LogP contribution in [0.3, 0.4) is 0 Å². The SMILES string of the molecule is O=C(Nc1cc(F)ccc1F)c1sc2ccccc2c1Cl. The van der Waals surface area contributed by atoms with E-state index in [-0.39, 0.29) is 10.6 Å². The number of nitrogens with one attached hydrogen (secondary N) is 1. The molecule has 0 spiro atoms. The third-order valence-corrected chi connectivity index (χ3v) is 4.59. The average molecular weight is 324 g/mol. The molecule has 0 fully saturated rings. The van der Waals surface area contributed by atoms with Gasteiger partial charge in [-0.3, -0.25) is 4.79 Å². The first-order valence-electron chi connectivity index (χ1n) is 5.99. The van der Waals surface area contributed by atoms with Crippen molar-refractivity contribution < 1.29 is 13.6 Å². The molecular weight excluding hydrogens is 316 g/mol. The highest BCUT2D eigenvalue weighted by Crippen LogP contribution is 2.35. The van der Waals surface area contributed by atoms with Crippen molar-refractivity contribution in [1.82, 2.24) is 0 Å². The molecule has 3 aromatic rings. The van der Waals surface area contributed by atoms with Crippen molar-refractivity contribution in [2.45, 2.75) is 0 Å². The number of fused-ring (bicyclic) bond motifs is 1. The second-order valence-electron chi connectivity index (χ2n) is 4.32. The van der Waals surface area contributed by atoms with Crippen LogP contribution in [-0.2, 0) is 0 Å². The van der Waals surface area contributed by atoms with Crippen molar-refractivity contribution in [3.63, 3.8) is 0 Å². The summed E-state index contributed by atoms with van der Waals surface area (Å²) in [5, 5.41) is 3.41. The highest BCUT2D eigenvalue weighted by molar-refractivity contribution is 7.21. The Bertz CT molecular complexity index is 847. The minimum atomic E-state index is -0.706. The molecule has 0 bridgehead atoms. The van der Waals surface area contributed by atoms with Crippen molar-refractivity contribution in [3.05, 3.63) is 64.0 Å². The molecule has 2 nitrogen and oxygen atoms in total. The van der Waals surface area contributed by atoms with Gasteiger partial charge in [-0.15, -0.1) is 11.3 Å². The van der Waals surface area contributed by atoms with Gasteiger partial charge in [-0.25, -0.2) is 8.78 Å². The van der Waals surface area contributed by atoms with Gasteiger partial charge < -0.3 is 5.32 Å². The summed E-state index contributed by atoms with van der Waals surface area (Å²) in [4.78, 5) is 12.5. The first-order chi connectivity index (χ1) is 10.1. The van der Waals surface area contributed by atoms with E-state index in [1.54, 1.807) is 6.07 Å². The molecule has 0 unspecified atom stereocenters. The normalized spacial score (nSPS) is 10.8. The Labute approximate surface area is 128 Å². The highest BCUT2D eigenvalue weighted by atomic mass is 35.5. The molecule has 2 aromatic carbocycles. The Balaban J connectivity index is 1.97. The summed E-state index contributed by atoms with van der Waals surface area (Å²) in [6, 6.07) is 10.2. The van der Waals surface area contributed by atoms with E-state index in [1.807, 2.05) is 18.2 Å². The van der Waals surface area contributed by atoms with Crippen LogP contribution < -0.4 is 5.32 Å². The van der Waals surface area contributed by atoms with Crippen molar-refractivity contribution >= 4 is 44.6 Å². The van der Waals surface area contributed by atoms with Crippen LogP contribution in [0.25, 0.3) is 10.1 Å². The van der Waals surface area contributed by atoms with Crippen LogP contribution in [0.5, 0.6) is 0 Å². The van der Waals surface area contributed by atoms with E-state index in [0.29, 0.717) is 5.02 Å². The predicted molar refractivity (Wildman–Crippen MR) is 81.1 cm³/mol.